The van der Waals surface area contributed by atoms with Gasteiger partial charge >= 0.3 is 0 Å². The first-order valence-corrected chi connectivity index (χ1v) is 8.57. The lowest BCUT2D eigenvalue weighted by atomic mass is 10.00. The molecule has 0 spiro atoms. The third-order valence-corrected chi connectivity index (χ3v) is 4.41. The van der Waals surface area contributed by atoms with E-state index in [2.05, 4.69) is 5.32 Å². The molecule has 25 heavy (non-hydrogen) atoms. The third-order valence-electron chi connectivity index (χ3n) is 4.41. The van der Waals surface area contributed by atoms with Crippen LogP contribution in [-0.2, 0) is 11.3 Å². The Bertz CT molecular complexity index is 632. The highest BCUT2D eigenvalue weighted by molar-refractivity contribution is 5.97. The number of ether oxygens (including phenoxy) is 1. The van der Waals surface area contributed by atoms with Gasteiger partial charge in [-0.15, -0.1) is 0 Å². The second-order valence-corrected chi connectivity index (χ2v) is 6.09. The highest BCUT2D eigenvalue weighted by Crippen LogP contribution is 2.20. The molecule has 0 radical (unpaired) electrons. The van der Waals surface area contributed by atoms with Gasteiger partial charge in [0.1, 0.15) is 17.4 Å². The van der Waals surface area contributed by atoms with Crippen LogP contribution in [-0.4, -0.2) is 42.2 Å². The Hall–Kier alpha value is -2.52. The Balaban J connectivity index is 1.98. The van der Waals surface area contributed by atoms with Crippen molar-refractivity contribution in [2.75, 3.05) is 20.3 Å². The summed E-state index contributed by atoms with van der Waals surface area (Å²) in [6, 6.07) is 9.58. The Morgan fingerprint density at radius 2 is 2.20 bits per heavy atom. The SMILES string of the molecule is COc1ccc(CNC(=O)/C(C#N)=C\N2CCCCC2CCO)cc1. The van der Waals surface area contributed by atoms with Crippen molar-refractivity contribution in [1.82, 2.24) is 10.2 Å². The smallest absolute Gasteiger partial charge is 0.263 e. The number of aliphatic hydroxyl groups excluding tert-OH is 1. The Labute approximate surface area is 148 Å². The van der Waals surface area contributed by atoms with Crippen LogP contribution in [0, 0.1) is 11.3 Å². The van der Waals surface area contributed by atoms with Crippen LogP contribution in [0.4, 0.5) is 0 Å². The number of piperidine rings is 1. The van der Waals surface area contributed by atoms with Gasteiger partial charge in [0.15, 0.2) is 0 Å². The fraction of sp³-hybridized carbons (Fsp3) is 0.474. The average Bonchev–Trinajstić information content (AvgIpc) is 2.66. The summed E-state index contributed by atoms with van der Waals surface area (Å²) in [5.41, 5.74) is 1.03. The Morgan fingerprint density at radius 3 is 2.84 bits per heavy atom. The predicted octanol–water partition coefficient (Wildman–Crippen LogP) is 1.96. The van der Waals surface area contributed by atoms with E-state index in [0.29, 0.717) is 13.0 Å². The van der Waals surface area contributed by atoms with Crippen molar-refractivity contribution in [2.24, 2.45) is 0 Å². The number of hydrogen-bond acceptors (Lipinski definition) is 5. The molecule has 1 unspecified atom stereocenters. The normalized spacial score (nSPS) is 17.7. The lowest BCUT2D eigenvalue weighted by Crippen LogP contribution is -2.37. The lowest BCUT2D eigenvalue weighted by molar-refractivity contribution is -0.117. The van der Waals surface area contributed by atoms with Gasteiger partial charge in [-0.1, -0.05) is 12.1 Å². The first kappa shape index (κ1) is 18.8. The van der Waals surface area contributed by atoms with E-state index in [4.69, 9.17) is 4.74 Å². The zero-order chi connectivity index (χ0) is 18.1. The summed E-state index contributed by atoms with van der Waals surface area (Å²) in [6.45, 7) is 1.27. The molecule has 0 aliphatic carbocycles. The summed E-state index contributed by atoms with van der Waals surface area (Å²) in [6.07, 6.45) is 5.42. The summed E-state index contributed by atoms with van der Waals surface area (Å²) in [5, 5.41) is 21.3. The van der Waals surface area contributed by atoms with Crippen molar-refractivity contribution in [3.63, 3.8) is 0 Å². The fourth-order valence-corrected chi connectivity index (χ4v) is 2.98. The number of hydrogen-bond donors (Lipinski definition) is 2. The number of carbonyl (C=O) groups excluding carboxylic acids is 1. The zero-order valence-corrected chi connectivity index (χ0v) is 14.6. The van der Waals surface area contributed by atoms with Crippen molar-refractivity contribution in [3.8, 4) is 11.8 Å². The number of likely N-dealkylation sites (tertiary alicyclic amines) is 1. The number of nitriles is 1. The molecule has 1 aromatic carbocycles. The third kappa shape index (κ3) is 5.50. The van der Waals surface area contributed by atoms with E-state index in [-0.39, 0.29) is 24.1 Å². The van der Waals surface area contributed by atoms with Crippen LogP contribution >= 0.6 is 0 Å². The van der Waals surface area contributed by atoms with Gasteiger partial charge in [0, 0.05) is 31.9 Å². The molecule has 6 nitrogen and oxygen atoms in total. The van der Waals surface area contributed by atoms with E-state index in [1.54, 1.807) is 13.3 Å². The molecule has 0 saturated carbocycles. The van der Waals surface area contributed by atoms with Gasteiger partial charge in [0.05, 0.1) is 7.11 Å². The molecule has 2 rings (SSSR count). The summed E-state index contributed by atoms with van der Waals surface area (Å²) < 4.78 is 5.10. The van der Waals surface area contributed by atoms with Gasteiger partial charge in [-0.2, -0.15) is 5.26 Å². The fourth-order valence-electron chi connectivity index (χ4n) is 2.98. The Morgan fingerprint density at radius 1 is 1.44 bits per heavy atom. The largest absolute Gasteiger partial charge is 0.497 e. The molecule has 6 heteroatoms. The first-order valence-electron chi connectivity index (χ1n) is 8.57. The van der Waals surface area contributed by atoms with E-state index in [9.17, 15) is 15.2 Å². The number of nitrogens with one attached hydrogen (secondary N) is 1. The lowest BCUT2D eigenvalue weighted by Gasteiger charge is -2.34. The molecular formula is C19H25N3O3. The van der Waals surface area contributed by atoms with Crippen molar-refractivity contribution in [3.05, 3.63) is 41.6 Å². The molecule has 2 N–H and O–H groups in total. The number of rotatable bonds is 7. The monoisotopic (exact) mass is 343 g/mol. The average molecular weight is 343 g/mol. The number of methoxy groups -OCH3 is 1. The quantitative estimate of drug-likeness (QED) is 0.584. The summed E-state index contributed by atoms with van der Waals surface area (Å²) in [5.74, 6) is 0.374. The molecule has 1 fully saturated rings. The number of amides is 1. The van der Waals surface area contributed by atoms with Crippen LogP contribution in [0.1, 0.15) is 31.2 Å². The van der Waals surface area contributed by atoms with Gasteiger partial charge in [-0.05, 0) is 43.4 Å². The van der Waals surface area contributed by atoms with Crippen molar-refractivity contribution >= 4 is 5.91 Å². The van der Waals surface area contributed by atoms with Crippen LogP contribution in [0.15, 0.2) is 36.0 Å². The van der Waals surface area contributed by atoms with Gasteiger partial charge in [-0.3, -0.25) is 4.79 Å². The topological polar surface area (TPSA) is 85.6 Å². The van der Waals surface area contributed by atoms with Gasteiger partial charge < -0.3 is 20.1 Å². The molecule has 0 bridgehead atoms. The number of aliphatic hydroxyl groups is 1. The van der Waals surface area contributed by atoms with Crippen molar-refractivity contribution < 1.29 is 14.6 Å². The minimum atomic E-state index is -0.383. The standard InChI is InChI=1S/C19H25N3O3/c1-25-18-7-5-15(6-8-18)13-21-19(24)16(12-20)14-22-10-3-2-4-17(22)9-11-23/h5-8,14,17,23H,2-4,9-11,13H2,1H3,(H,21,24)/b16-14-. The number of carbonyl (C=O) groups is 1. The minimum Gasteiger partial charge on any atom is -0.497 e. The van der Waals surface area contributed by atoms with Gasteiger partial charge in [0.2, 0.25) is 0 Å². The molecule has 1 aliphatic rings. The molecule has 1 saturated heterocycles. The molecule has 1 atom stereocenters. The first-order chi connectivity index (χ1) is 12.2. The summed E-state index contributed by atoms with van der Waals surface area (Å²) in [4.78, 5) is 14.3. The van der Waals surface area contributed by atoms with E-state index in [0.717, 1.165) is 37.1 Å². The van der Waals surface area contributed by atoms with Crippen LogP contribution in [0.25, 0.3) is 0 Å². The van der Waals surface area contributed by atoms with Crippen LogP contribution in [0.5, 0.6) is 5.75 Å². The predicted molar refractivity (Wildman–Crippen MR) is 94.6 cm³/mol. The minimum absolute atomic E-state index is 0.0957. The highest BCUT2D eigenvalue weighted by atomic mass is 16.5. The summed E-state index contributed by atoms with van der Waals surface area (Å²) in [7, 11) is 1.60. The van der Waals surface area contributed by atoms with Gasteiger partial charge in [-0.25, -0.2) is 0 Å². The van der Waals surface area contributed by atoms with Crippen LogP contribution in [0.2, 0.25) is 0 Å². The molecule has 1 aliphatic heterocycles. The van der Waals surface area contributed by atoms with Crippen molar-refractivity contribution in [1.29, 1.82) is 5.26 Å². The van der Waals surface area contributed by atoms with Crippen molar-refractivity contribution in [2.45, 2.75) is 38.3 Å². The van der Waals surface area contributed by atoms with E-state index >= 15 is 0 Å². The maximum Gasteiger partial charge on any atom is 0.263 e. The molecule has 134 valence electrons. The second-order valence-electron chi connectivity index (χ2n) is 6.09. The van der Waals surface area contributed by atoms with E-state index < -0.39 is 0 Å². The molecular weight excluding hydrogens is 318 g/mol. The maximum atomic E-state index is 12.3. The van der Waals surface area contributed by atoms with Crippen LogP contribution < -0.4 is 10.1 Å². The second kappa shape index (κ2) is 9.70. The zero-order valence-electron chi connectivity index (χ0n) is 14.6. The van der Waals surface area contributed by atoms with E-state index in [1.165, 1.54) is 0 Å². The molecule has 0 aromatic heterocycles. The number of benzene rings is 1. The van der Waals surface area contributed by atoms with Gasteiger partial charge in [0.25, 0.3) is 5.91 Å². The van der Waals surface area contributed by atoms with Crippen LogP contribution in [0.3, 0.4) is 0 Å². The maximum absolute atomic E-state index is 12.3. The highest BCUT2D eigenvalue weighted by Gasteiger charge is 2.21. The van der Waals surface area contributed by atoms with E-state index in [1.807, 2.05) is 35.2 Å². The Kier molecular flexibility index (Phi) is 7.30. The summed E-state index contributed by atoms with van der Waals surface area (Å²) >= 11 is 0. The molecule has 1 aromatic rings. The molecule has 1 heterocycles. The molecule has 1 amide bonds. The number of nitrogens with zero attached hydrogens (tertiary/aromatic N) is 2.